The second-order valence-corrected chi connectivity index (χ2v) is 12.6. The van der Waals surface area contributed by atoms with Gasteiger partial charge in [0.1, 0.15) is 8.07 Å². The van der Waals surface area contributed by atoms with Gasteiger partial charge in [-0.25, -0.2) is 0 Å². The molecule has 1 amide bonds. The zero-order valence-electron chi connectivity index (χ0n) is 17.2. The first-order chi connectivity index (χ1) is 13.5. The zero-order chi connectivity index (χ0) is 19.8. The molecule has 1 aliphatic heterocycles. The Balaban J connectivity index is 1.66. The molecule has 1 aliphatic rings. The van der Waals surface area contributed by atoms with Crippen molar-refractivity contribution < 1.29 is 4.79 Å². The van der Waals surface area contributed by atoms with Crippen LogP contribution in [0, 0.1) is 0 Å². The summed E-state index contributed by atoms with van der Waals surface area (Å²) in [5, 5.41) is 1.44. The minimum Gasteiger partial charge on any atom is -0.342 e. The first-order valence-corrected chi connectivity index (χ1v) is 13.4. The monoisotopic (exact) mass is 392 g/mol. The van der Waals surface area contributed by atoms with Crippen molar-refractivity contribution in [2.75, 3.05) is 26.2 Å². The summed E-state index contributed by atoms with van der Waals surface area (Å²) in [5.41, 5.74) is 3.66. The molecule has 3 rings (SSSR count). The van der Waals surface area contributed by atoms with E-state index in [0.717, 1.165) is 39.0 Å². The molecule has 28 heavy (non-hydrogen) atoms. The second-order valence-electron chi connectivity index (χ2n) is 8.23. The van der Waals surface area contributed by atoms with Gasteiger partial charge in [-0.05, 0) is 18.4 Å². The quantitative estimate of drug-likeness (QED) is 0.638. The molecule has 0 radical (unpaired) electrons. The maximum atomic E-state index is 12.7. The van der Waals surface area contributed by atoms with Crippen LogP contribution in [0.5, 0.6) is 0 Å². The van der Waals surface area contributed by atoms with Crippen molar-refractivity contribution in [2.24, 2.45) is 0 Å². The third-order valence-corrected chi connectivity index (χ3v) is 8.37. The summed E-state index contributed by atoms with van der Waals surface area (Å²) in [4.78, 5) is 17.0. The highest BCUT2D eigenvalue weighted by molar-refractivity contribution is 6.93. The van der Waals surface area contributed by atoms with E-state index in [-0.39, 0.29) is 5.91 Å². The van der Waals surface area contributed by atoms with E-state index in [1.165, 1.54) is 10.8 Å². The van der Waals surface area contributed by atoms with E-state index in [1.807, 2.05) is 11.0 Å². The fourth-order valence-corrected chi connectivity index (χ4v) is 5.68. The smallest absolute Gasteiger partial charge is 0.236 e. The number of hydrogen-bond donors (Lipinski definition) is 0. The molecule has 0 aromatic heterocycles. The van der Waals surface area contributed by atoms with E-state index in [4.69, 9.17) is 0 Å². The summed E-state index contributed by atoms with van der Waals surface area (Å²) in [5.74, 6) is 0.265. The highest BCUT2D eigenvalue weighted by atomic mass is 28.3. The maximum absolute atomic E-state index is 12.7. The molecule has 0 unspecified atom stereocenters. The molecule has 148 valence electrons. The van der Waals surface area contributed by atoms with Crippen LogP contribution in [-0.2, 0) is 11.3 Å². The van der Waals surface area contributed by atoms with Gasteiger partial charge in [0.15, 0.2) is 0 Å². The number of carbonyl (C=O) groups is 1. The molecular weight excluding hydrogens is 360 g/mol. The normalized spacial score (nSPS) is 14.9. The summed E-state index contributed by atoms with van der Waals surface area (Å²) in [6.45, 7) is 8.68. The van der Waals surface area contributed by atoms with E-state index in [9.17, 15) is 4.79 Å². The van der Waals surface area contributed by atoms with Gasteiger partial charge in [0.05, 0.1) is 6.54 Å². The summed E-state index contributed by atoms with van der Waals surface area (Å²) in [6, 6.07) is 21.2. The Morgan fingerprint density at radius 3 is 2.25 bits per heavy atom. The molecule has 0 saturated carbocycles. The summed E-state index contributed by atoms with van der Waals surface area (Å²) < 4.78 is 0. The molecular formula is C24H32N2OSi. The van der Waals surface area contributed by atoms with Crippen LogP contribution in [0.4, 0.5) is 0 Å². The topological polar surface area (TPSA) is 23.6 Å². The van der Waals surface area contributed by atoms with E-state index in [0.29, 0.717) is 6.54 Å². The van der Waals surface area contributed by atoms with E-state index < -0.39 is 8.07 Å². The number of carbonyl (C=O) groups excluding carboxylic acids is 1. The molecule has 3 nitrogen and oxygen atoms in total. The number of benzene rings is 2. The number of nitrogens with zero attached hydrogens (tertiary/aromatic N) is 2. The van der Waals surface area contributed by atoms with Gasteiger partial charge in [-0.2, -0.15) is 0 Å². The van der Waals surface area contributed by atoms with Crippen LogP contribution in [0.1, 0.15) is 18.4 Å². The Morgan fingerprint density at radius 1 is 1.00 bits per heavy atom. The van der Waals surface area contributed by atoms with Gasteiger partial charge in [0.25, 0.3) is 0 Å². The van der Waals surface area contributed by atoms with E-state index in [1.54, 1.807) is 0 Å². The molecule has 4 heteroatoms. The highest BCUT2D eigenvalue weighted by Gasteiger charge is 2.21. The number of likely N-dealkylation sites (tertiary alicyclic amines) is 1. The molecule has 1 saturated heterocycles. The van der Waals surface area contributed by atoms with Crippen LogP contribution in [0.2, 0.25) is 13.1 Å². The highest BCUT2D eigenvalue weighted by Crippen LogP contribution is 2.11. The van der Waals surface area contributed by atoms with E-state index >= 15 is 0 Å². The molecule has 2 aromatic carbocycles. The Morgan fingerprint density at radius 2 is 1.61 bits per heavy atom. The van der Waals surface area contributed by atoms with Gasteiger partial charge in [0.2, 0.25) is 5.91 Å². The van der Waals surface area contributed by atoms with Crippen molar-refractivity contribution >= 4 is 19.2 Å². The first kappa shape index (κ1) is 20.6. The lowest BCUT2D eigenvalue weighted by molar-refractivity contribution is -0.131. The van der Waals surface area contributed by atoms with Crippen LogP contribution in [0.3, 0.4) is 0 Å². The lowest BCUT2D eigenvalue weighted by Crippen LogP contribution is -2.40. The lowest BCUT2D eigenvalue weighted by Gasteiger charge is -2.24. The van der Waals surface area contributed by atoms with Crippen molar-refractivity contribution in [3.8, 4) is 0 Å². The SMILES string of the molecule is C[Si](C)(/C=C/CN(CC(=O)N1CCCC1)Cc1ccccc1)c1ccccc1. The van der Waals surface area contributed by atoms with E-state index in [2.05, 4.69) is 84.4 Å². The molecule has 0 N–H and O–H groups in total. The third kappa shape index (κ3) is 5.91. The molecule has 0 bridgehead atoms. The van der Waals surface area contributed by atoms with Crippen molar-refractivity contribution in [3.05, 3.63) is 78.0 Å². The molecule has 2 aromatic rings. The van der Waals surface area contributed by atoms with Gasteiger partial charge in [-0.1, -0.05) is 90.7 Å². The van der Waals surface area contributed by atoms with Gasteiger partial charge in [-0.3, -0.25) is 9.69 Å². The molecule has 1 fully saturated rings. The number of amides is 1. The predicted octanol–water partition coefficient (Wildman–Crippen LogP) is 3.82. The molecule has 0 atom stereocenters. The predicted molar refractivity (Wildman–Crippen MR) is 120 cm³/mol. The van der Waals surface area contributed by atoms with Crippen LogP contribution < -0.4 is 5.19 Å². The van der Waals surface area contributed by atoms with Gasteiger partial charge in [0, 0.05) is 26.2 Å². The second kappa shape index (κ2) is 9.85. The van der Waals surface area contributed by atoms with Crippen molar-refractivity contribution in [1.29, 1.82) is 0 Å². The zero-order valence-corrected chi connectivity index (χ0v) is 18.2. The van der Waals surface area contributed by atoms with Crippen LogP contribution in [0.25, 0.3) is 0 Å². The first-order valence-electron chi connectivity index (χ1n) is 10.3. The number of hydrogen-bond acceptors (Lipinski definition) is 2. The Bertz CT molecular complexity index is 768. The largest absolute Gasteiger partial charge is 0.342 e. The van der Waals surface area contributed by atoms with Crippen molar-refractivity contribution in [1.82, 2.24) is 9.80 Å². The average Bonchev–Trinajstić information content (AvgIpc) is 3.24. The van der Waals surface area contributed by atoms with Gasteiger partial charge < -0.3 is 4.90 Å². The van der Waals surface area contributed by atoms with Crippen LogP contribution in [-0.4, -0.2) is 50.0 Å². The Hall–Kier alpha value is -2.17. The lowest BCUT2D eigenvalue weighted by atomic mass is 10.2. The molecule has 0 spiro atoms. The Kier molecular flexibility index (Phi) is 7.23. The maximum Gasteiger partial charge on any atom is 0.236 e. The fourth-order valence-electron chi connectivity index (χ4n) is 3.74. The summed E-state index contributed by atoms with van der Waals surface area (Å²) in [7, 11) is -1.61. The minimum absolute atomic E-state index is 0.265. The average molecular weight is 393 g/mol. The third-order valence-electron chi connectivity index (χ3n) is 5.48. The molecule has 1 heterocycles. The van der Waals surface area contributed by atoms with Crippen molar-refractivity contribution in [3.63, 3.8) is 0 Å². The van der Waals surface area contributed by atoms with Crippen molar-refractivity contribution in [2.45, 2.75) is 32.5 Å². The Labute approximate surface area is 170 Å². The fraction of sp³-hybridized carbons (Fsp3) is 0.375. The summed E-state index contributed by atoms with van der Waals surface area (Å²) >= 11 is 0. The minimum atomic E-state index is -1.61. The van der Waals surface area contributed by atoms with Crippen LogP contribution in [0.15, 0.2) is 72.4 Å². The number of rotatable bonds is 8. The molecule has 0 aliphatic carbocycles. The summed E-state index contributed by atoms with van der Waals surface area (Å²) in [6.07, 6.45) is 4.56. The standard InChI is InChI=1S/C24H32N2OSi/c1-28(2,23-14-7-4-8-15-23)19-11-16-25(20-22-12-5-3-6-13-22)21-24(27)26-17-9-10-18-26/h3-8,11-15,19H,9-10,16-18,20-21H2,1-2H3/b19-11+. The van der Waals surface area contributed by atoms with Gasteiger partial charge >= 0.3 is 0 Å². The van der Waals surface area contributed by atoms with Crippen LogP contribution >= 0.6 is 0 Å². The van der Waals surface area contributed by atoms with Gasteiger partial charge in [-0.15, -0.1) is 0 Å².